The molecule has 0 saturated carbocycles. The van der Waals surface area contributed by atoms with Gasteiger partial charge in [0, 0.05) is 27.8 Å². The number of benzene rings is 2. The van der Waals surface area contributed by atoms with E-state index in [0.717, 1.165) is 21.6 Å². The van der Waals surface area contributed by atoms with E-state index in [2.05, 4.69) is 4.98 Å². The van der Waals surface area contributed by atoms with Crippen LogP contribution in [0.4, 0.5) is 0 Å². The van der Waals surface area contributed by atoms with Gasteiger partial charge in [-0.1, -0.05) is 60.7 Å². The minimum Gasteiger partial charge on any atom is -0.309 e. The molecule has 0 atom stereocenters. The minimum absolute atomic E-state index is 0.808. The van der Waals surface area contributed by atoms with Gasteiger partial charge in [-0.25, -0.2) is 0 Å². The quantitative estimate of drug-likeness (QED) is 0.695. The minimum atomic E-state index is -2.88. The van der Waals surface area contributed by atoms with E-state index < -0.39 is 7.14 Å². The molecule has 0 spiro atoms. The number of aromatic nitrogens is 1. The van der Waals surface area contributed by atoms with Gasteiger partial charge in [-0.2, -0.15) is 0 Å². The van der Waals surface area contributed by atoms with Crippen molar-refractivity contribution in [2.24, 2.45) is 0 Å². The number of rotatable bonds is 3. The van der Waals surface area contributed by atoms with Crippen molar-refractivity contribution in [2.75, 3.05) is 0 Å². The van der Waals surface area contributed by atoms with Crippen LogP contribution in [0.15, 0.2) is 79.0 Å². The summed E-state index contributed by atoms with van der Waals surface area (Å²) in [5.41, 5.74) is 0.813. The monoisotopic (exact) mass is 293 g/mol. The van der Waals surface area contributed by atoms with E-state index in [0.29, 0.717) is 0 Å². The zero-order valence-electron chi connectivity index (χ0n) is 11.8. The summed E-state index contributed by atoms with van der Waals surface area (Å²) in [4.78, 5) is 4.32. The molecule has 2 nitrogen and oxygen atoms in total. The number of hydrogen-bond acceptors (Lipinski definition) is 2. The zero-order valence-corrected chi connectivity index (χ0v) is 12.7. The van der Waals surface area contributed by atoms with Gasteiger partial charge in [0.1, 0.15) is 0 Å². The Labute approximate surface area is 124 Å². The Bertz CT molecular complexity index is 741. The van der Waals surface area contributed by atoms with Crippen molar-refractivity contribution in [3.8, 4) is 0 Å². The molecule has 3 rings (SSSR count). The van der Waals surface area contributed by atoms with Crippen LogP contribution >= 0.6 is 7.14 Å². The van der Waals surface area contributed by atoms with E-state index in [-0.39, 0.29) is 0 Å². The maximum atomic E-state index is 14.0. The van der Waals surface area contributed by atoms with Crippen molar-refractivity contribution in [3.63, 3.8) is 0 Å². The summed E-state index contributed by atoms with van der Waals surface area (Å²) in [6, 6.07) is 23.1. The summed E-state index contributed by atoms with van der Waals surface area (Å²) < 4.78 is 14.0. The fourth-order valence-corrected chi connectivity index (χ4v) is 5.36. The van der Waals surface area contributed by atoms with Gasteiger partial charge >= 0.3 is 0 Å². The second-order valence-electron chi connectivity index (χ2n) is 4.89. The highest BCUT2D eigenvalue weighted by molar-refractivity contribution is 7.85. The lowest BCUT2D eigenvalue weighted by Gasteiger charge is -2.21. The first-order valence-corrected chi connectivity index (χ1v) is 8.57. The summed E-state index contributed by atoms with van der Waals surface area (Å²) in [5, 5.41) is 2.49. The van der Waals surface area contributed by atoms with E-state index in [1.807, 2.05) is 79.7 Å². The summed E-state index contributed by atoms with van der Waals surface area (Å²) >= 11 is 0. The van der Waals surface area contributed by atoms with Crippen LogP contribution in [0, 0.1) is 6.92 Å². The number of hydrogen-bond donors (Lipinski definition) is 0. The first-order chi connectivity index (χ1) is 10.2. The molecular formula is C18H16NOP. The molecule has 21 heavy (non-hydrogen) atoms. The third-order valence-electron chi connectivity index (χ3n) is 3.56. The molecule has 3 heteroatoms. The van der Waals surface area contributed by atoms with Crippen LogP contribution < -0.4 is 15.9 Å². The van der Waals surface area contributed by atoms with Gasteiger partial charge in [0.15, 0.2) is 7.14 Å². The van der Waals surface area contributed by atoms with Gasteiger partial charge in [-0.15, -0.1) is 0 Å². The highest BCUT2D eigenvalue weighted by Gasteiger charge is 2.31. The summed E-state index contributed by atoms with van der Waals surface area (Å²) in [7, 11) is -2.88. The lowest BCUT2D eigenvalue weighted by molar-refractivity contribution is 0.592. The molecule has 1 heterocycles. The maximum Gasteiger partial charge on any atom is 0.172 e. The standard InChI is InChI=1S/C18H16NOP/c1-15-18(13-8-14-19-15)21(20,16-9-4-2-5-10-16)17-11-6-3-7-12-17/h2-14H,1H3. The molecule has 3 aromatic rings. The lowest BCUT2D eigenvalue weighted by Crippen LogP contribution is -2.27. The third-order valence-corrected chi connectivity index (χ3v) is 6.76. The van der Waals surface area contributed by atoms with E-state index in [9.17, 15) is 4.57 Å². The van der Waals surface area contributed by atoms with Crippen molar-refractivity contribution < 1.29 is 4.57 Å². The number of aryl methyl sites for hydroxylation is 1. The van der Waals surface area contributed by atoms with Crippen LogP contribution in [0.3, 0.4) is 0 Å². The van der Waals surface area contributed by atoms with Crippen LogP contribution in [-0.4, -0.2) is 4.98 Å². The number of pyridine rings is 1. The lowest BCUT2D eigenvalue weighted by atomic mass is 10.4. The summed E-state index contributed by atoms with van der Waals surface area (Å²) in [5.74, 6) is 0. The molecule has 0 aliphatic carbocycles. The first kappa shape index (κ1) is 13.8. The average Bonchev–Trinajstić information content (AvgIpc) is 2.56. The van der Waals surface area contributed by atoms with Crippen molar-refractivity contribution in [1.82, 2.24) is 4.98 Å². The van der Waals surface area contributed by atoms with Crippen molar-refractivity contribution in [2.45, 2.75) is 6.92 Å². The van der Waals surface area contributed by atoms with Crippen LogP contribution in [0.1, 0.15) is 5.69 Å². The molecule has 2 aromatic carbocycles. The van der Waals surface area contributed by atoms with Crippen molar-refractivity contribution in [1.29, 1.82) is 0 Å². The largest absolute Gasteiger partial charge is 0.309 e. The summed E-state index contributed by atoms with van der Waals surface area (Å²) in [6.45, 7) is 1.91. The predicted molar refractivity (Wildman–Crippen MR) is 88.4 cm³/mol. The molecule has 0 aliphatic rings. The second kappa shape index (κ2) is 5.67. The normalized spacial score (nSPS) is 11.3. The van der Waals surface area contributed by atoms with Crippen molar-refractivity contribution in [3.05, 3.63) is 84.7 Å². The Hall–Kier alpha value is -2.18. The van der Waals surface area contributed by atoms with Gasteiger partial charge in [-0.3, -0.25) is 4.98 Å². The van der Waals surface area contributed by atoms with Crippen LogP contribution in [0.2, 0.25) is 0 Å². The zero-order chi connectivity index (χ0) is 14.7. The Balaban J connectivity index is 2.32. The Kier molecular flexibility index (Phi) is 3.72. The predicted octanol–water partition coefficient (Wildman–Crippen LogP) is 3.03. The molecule has 0 N–H and O–H groups in total. The van der Waals surface area contributed by atoms with E-state index in [1.54, 1.807) is 6.20 Å². The molecule has 104 valence electrons. The Morgan fingerprint density at radius 2 is 1.29 bits per heavy atom. The summed E-state index contributed by atoms with van der Waals surface area (Å²) in [6.07, 6.45) is 1.74. The SMILES string of the molecule is Cc1ncccc1P(=O)(c1ccccc1)c1ccccc1. The number of nitrogens with zero attached hydrogens (tertiary/aromatic N) is 1. The highest BCUT2D eigenvalue weighted by atomic mass is 31.2. The fraction of sp³-hybridized carbons (Fsp3) is 0.0556. The first-order valence-electron chi connectivity index (χ1n) is 6.86. The molecule has 1 aromatic heterocycles. The van der Waals surface area contributed by atoms with Crippen molar-refractivity contribution >= 4 is 23.1 Å². The molecule has 0 unspecified atom stereocenters. The van der Waals surface area contributed by atoms with E-state index in [4.69, 9.17) is 0 Å². The molecule has 0 amide bonds. The van der Waals surface area contributed by atoms with Gasteiger partial charge in [0.2, 0.25) is 0 Å². The molecule has 0 radical (unpaired) electrons. The van der Waals surface area contributed by atoms with Crippen LogP contribution in [0.5, 0.6) is 0 Å². The van der Waals surface area contributed by atoms with E-state index in [1.165, 1.54) is 0 Å². The van der Waals surface area contributed by atoms with Gasteiger partial charge < -0.3 is 4.57 Å². The second-order valence-corrected chi connectivity index (χ2v) is 7.62. The molecule has 0 bridgehead atoms. The fourth-order valence-electron chi connectivity index (χ4n) is 2.51. The average molecular weight is 293 g/mol. The molecule has 0 saturated heterocycles. The van der Waals surface area contributed by atoms with Crippen LogP contribution in [0.25, 0.3) is 0 Å². The highest BCUT2D eigenvalue weighted by Crippen LogP contribution is 2.42. The molecule has 0 fully saturated rings. The molecular weight excluding hydrogens is 277 g/mol. The third kappa shape index (κ3) is 2.43. The van der Waals surface area contributed by atoms with E-state index >= 15 is 0 Å². The molecule has 0 aliphatic heterocycles. The van der Waals surface area contributed by atoms with Gasteiger partial charge in [0.05, 0.1) is 0 Å². The van der Waals surface area contributed by atoms with Gasteiger partial charge in [0.25, 0.3) is 0 Å². The Morgan fingerprint density at radius 3 is 1.76 bits per heavy atom. The smallest absolute Gasteiger partial charge is 0.172 e. The Morgan fingerprint density at radius 1 is 0.762 bits per heavy atom. The van der Waals surface area contributed by atoms with Crippen LogP contribution in [-0.2, 0) is 4.57 Å². The van der Waals surface area contributed by atoms with Gasteiger partial charge in [-0.05, 0) is 19.1 Å². The maximum absolute atomic E-state index is 14.0. The topological polar surface area (TPSA) is 30.0 Å².